The van der Waals surface area contributed by atoms with Gasteiger partial charge in [-0.3, -0.25) is 0 Å². The average molecular weight is 170 g/mol. The minimum atomic E-state index is 0.624. The predicted octanol–water partition coefficient (Wildman–Crippen LogP) is 0.386. The molecule has 1 heterocycles. The third-order valence-corrected chi connectivity index (χ3v) is 1.99. The molecule has 0 saturated carbocycles. The summed E-state index contributed by atoms with van der Waals surface area (Å²) in [5.41, 5.74) is 3.17. The van der Waals surface area contributed by atoms with Crippen molar-refractivity contribution >= 4 is 6.21 Å². The van der Waals surface area contributed by atoms with Gasteiger partial charge in [0.1, 0.15) is 0 Å². The minimum absolute atomic E-state index is 0.624. The molecule has 70 valence electrons. The van der Waals surface area contributed by atoms with Crippen LogP contribution in [0.3, 0.4) is 0 Å². The SMILES string of the molecule is CCNCNN1CC(CC)C=N1. The second-order valence-corrected chi connectivity index (χ2v) is 2.95. The highest BCUT2D eigenvalue weighted by atomic mass is 15.7. The van der Waals surface area contributed by atoms with Crippen molar-refractivity contribution in [3.8, 4) is 0 Å². The molecule has 0 fully saturated rings. The Kier molecular flexibility index (Phi) is 4.04. The van der Waals surface area contributed by atoms with Crippen LogP contribution in [-0.4, -0.2) is 31.1 Å². The first-order valence-corrected chi connectivity index (χ1v) is 4.62. The lowest BCUT2D eigenvalue weighted by Gasteiger charge is -2.16. The molecule has 0 spiro atoms. The summed E-state index contributed by atoms with van der Waals surface area (Å²) in [5.74, 6) is 0.624. The molecule has 2 N–H and O–H groups in total. The van der Waals surface area contributed by atoms with Crippen LogP contribution >= 0.6 is 0 Å². The Labute approximate surface area is 74.0 Å². The van der Waals surface area contributed by atoms with Crippen molar-refractivity contribution < 1.29 is 0 Å². The van der Waals surface area contributed by atoms with Crippen molar-refractivity contribution in [2.45, 2.75) is 20.3 Å². The van der Waals surface area contributed by atoms with Gasteiger partial charge >= 0.3 is 0 Å². The molecule has 1 unspecified atom stereocenters. The molecule has 0 saturated heterocycles. The van der Waals surface area contributed by atoms with Gasteiger partial charge in [0.05, 0.1) is 13.2 Å². The quantitative estimate of drug-likeness (QED) is 0.463. The van der Waals surface area contributed by atoms with Gasteiger partial charge in [-0.05, 0) is 13.0 Å². The van der Waals surface area contributed by atoms with E-state index in [0.29, 0.717) is 5.92 Å². The van der Waals surface area contributed by atoms with E-state index < -0.39 is 0 Å². The van der Waals surface area contributed by atoms with Gasteiger partial charge in [0.25, 0.3) is 0 Å². The summed E-state index contributed by atoms with van der Waals surface area (Å²) in [6, 6.07) is 0. The minimum Gasteiger partial charge on any atom is -0.303 e. The number of hydrogen-bond acceptors (Lipinski definition) is 4. The highest BCUT2D eigenvalue weighted by molar-refractivity contribution is 5.62. The van der Waals surface area contributed by atoms with Gasteiger partial charge in [-0.2, -0.15) is 5.10 Å². The normalized spacial score (nSPS) is 22.2. The van der Waals surface area contributed by atoms with Gasteiger partial charge in [-0.1, -0.05) is 13.8 Å². The van der Waals surface area contributed by atoms with Crippen LogP contribution in [0.4, 0.5) is 0 Å². The first kappa shape index (κ1) is 9.48. The van der Waals surface area contributed by atoms with E-state index in [9.17, 15) is 0 Å². The fourth-order valence-corrected chi connectivity index (χ4v) is 1.10. The van der Waals surface area contributed by atoms with Crippen molar-refractivity contribution in [2.75, 3.05) is 19.8 Å². The van der Waals surface area contributed by atoms with E-state index in [0.717, 1.165) is 19.8 Å². The highest BCUT2D eigenvalue weighted by Crippen LogP contribution is 2.07. The van der Waals surface area contributed by atoms with E-state index in [1.54, 1.807) is 0 Å². The van der Waals surface area contributed by atoms with Crippen LogP contribution in [0.25, 0.3) is 0 Å². The lowest BCUT2D eigenvalue weighted by molar-refractivity contribution is 0.196. The third-order valence-electron chi connectivity index (χ3n) is 1.99. The largest absolute Gasteiger partial charge is 0.303 e. The second kappa shape index (κ2) is 5.11. The van der Waals surface area contributed by atoms with Gasteiger partial charge < -0.3 is 5.32 Å². The van der Waals surface area contributed by atoms with Crippen LogP contribution in [-0.2, 0) is 0 Å². The molecule has 0 aromatic carbocycles. The Bertz CT molecular complexity index is 146. The van der Waals surface area contributed by atoms with Gasteiger partial charge in [0.2, 0.25) is 0 Å². The van der Waals surface area contributed by atoms with Crippen LogP contribution in [0.2, 0.25) is 0 Å². The van der Waals surface area contributed by atoms with Gasteiger partial charge in [-0.15, -0.1) is 0 Å². The summed E-state index contributed by atoms with van der Waals surface area (Å²) in [6.45, 7) is 7.06. The standard InChI is InChI=1S/C8H18N4/c1-3-8-5-10-12(6-8)11-7-9-4-2/h5,8-9,11H,3-4,6-7H2,1-2H3. The van der Waals surface area contributed by atoms with Crippen molar-refractivity contribution in [2.24, 2.45) is 11.0 Å². The van der Waals surface area contributed by atoms with Crippen LogP contribution in [0.15, 0.2) is 5.10 Å². The topological polar surface area (TPSA) is 39.7 Å². The molecular formula is C8H18N4. The maximum Gasteiger partial charge on any atom is 0.0656 e. The number of hydrazone groups is 1. The summed E-state index contributed by atoms with van der Waals surface area (Å²) >= 11 is 0. The maximum atomic E-state index is 4.22. The van der Waals surface area contributed by atoms with Crippen LogP contribution in [0.1, 0.15) is 20.3 Å². The molecule has 1 rings (SSSR count). The molecule has 4 heteroatoms. The van der Waals surface area contributed by atoms with Crippen LogP contribution in [0.5, 0.6) is 0 Å². The van der Waals surface area contributed by atoms with E-state index in [-0.39, 0.29) is 0 Å². The molecule has 1 aliphatic rings. The summed E-state index contributed by atoms with van der Waals surface area (Å²) in [5, 5.41) is 9.30. The number of rotatable bonds is 5. The van der Waals surface area contributed by atoms with E-state index in [4.69, 9.17) is 0 Å². The maximum absolute atomic E-state index is 4.22. The van der Waals surface area contributed by atoms with Gasteiger partial charge in [-0.25, -0.2) is 10.5 Å². The molecule has 0 aromatic rings. The third kappa shape index (κ3) is 2.79. The van der Waals surface area contributed by atoms with Crippen molar-refractivity contribution in [1.29, 1.82) is 0 Å². The lowest BCUT2D eigenvalue weighted by Crippen LogP contribution is -2.39. The van der Waals surface area contributed by atoms with E-state index in [1.165, 1.54) is 6.42 Å². The first-order chi connectivity index (χ1) is 5.86. The zero-order valence-corrected chi connectivity index (χ0v) is 7.88. The Morgan fingerprint density at radius 1 is 1.58 bits per heavy atom. The fraction of sp³-hybridized carbons (Fsp3) is 0.875. The van der Waals surface area contributed by atoms with Crippen LogP contribution in [0, 0.1) is 5.92 Å². The van der Waals surface area contributed by atoms with E-state index in [2.05, 4.69) is 29.7 Å². The molecule has 0 amide bonds. The zero-order valence-electron chi connectivity index (χ0n) is 7.88. The van der Waals surface area contributed by atoms with Crippen molar-refractivity contribution in [3.63, 3.8) is 0 Å². The second-order valence-electron chi connectivity index (χ2n) is 2.95. The van der Waals surface area contributed by atoms with E-state index >= 15 is 0 Å². The van der Waals surface area contributed by atoms with Gasteiger partial charge in [0, 0.05) is 12.1 Å². The Morgan fingerprint density at radius 2 is 2.42 bits per heavy atom. The van der Waals surface area contributed by atoms with E-state index in [1.807, 2.05) is 11.3 Å². The highest BCUT2D eigenvalue weighted by Gasteiger charge is 2.14. The van der Waals surface area contributed by atoms with Gasteiger partial charge in [0.15, 0.2) is 0 Å². The number of hydrazine groups is 1. The smallest absolute Gasteiger partial charge is 0.0656 e. The molecule has 1 atom stereocenters. The van der Waals surface area contributed by atoms with Crippen molar-refractivity contribution in [3.05, 3.63) is 0 Å². The summed E-state index contributed by atoms with van der Waals surface area (Å²) < 4.78 is 0. The molecule has 12 heavy (non-hydrogen) atoms. The average Bonchev–Trinajstić information content (AvgIpc) is 2.53. The first-order valence-electron chi connectivity index (χ1n) is 4.62. The monoisotopic (exact) mass is 170 g/mol. The number of hydrogen-bond donors (Lipinski definition) is 2. The molecule has 0 aromatic heterocycles. The molecule has 4 nitrogen and oxygen atoms in total. The fourth-order valence-electron chi connectivity index (χ4n) is 1.10. The molecule has 0 bridgehead atoms. The Balaban J connectivity index is 2.08. The zero-order chi connectivity index (χ0) is 8.81. The summed E-state index contributed by atoms with van der Waals surface area (Å²) in [7, 11) is 0. The molecular weight excluding hydrogens is 152 g/mol. The molecule has 0 aliphatic carbocycles. The Hall–Kier alpha value is -0.610. The van der Waals surface area contributed by atoms with Crippen molar-refractivity contribution in [1.82, 2.24) is 15.9 Å². The Morgan fingerprint density at radius 3 is 3.00 bits per heavy atom. The molecule has 0 radical (unpaired) electrons. The summed E-state index contributed by atoms with van der Waals surface area (Å²) in [4.78, 5) is 0. The van der Waals surface area contributed by atoms with Crippen LogP contribution < -0.4 is 10.7 Å². The molecule has 1 aliphatic heterocycles. The number of nitrogens with one attached hydrogen (secondary N) is 2. The lowest BCUT2D eigenvalue weighted by atomic mass is 10.1. The number of nitrogens with zero attached hydrogens (tertiary/aromatic N) is 2. The predicted molar refractivity (Wildman–Crippen MR) is 50.7 cm³/mol. The summed E-state index contributed by atoms with van der Waals surface area (Å²) in [6.07, 6.45) is 3.18.